The van der Waals surface area contributed by atoms with Crippen LogP contribution >= 0.6 is 0 Å². The number of hydrogen-bond acceptors (Lipinski definition) is 3. The van der Waals surface area contributed by atoms with Gasteiger partial charge in [-0.3, -0.25) is 0 Å². The maximum absolute atomic E-state index is 5.73. The summed E-state index contributed by atoms with van der Waals surface area (Å²) >= 11 is 0. The summed E-state index contributed by atoms with van der Waals surface area (Å²) < 4.78 is 6.88. The number of aromatic nitrogens is 2. The zero-order valence-electron chi connectivity index (χ0n) is 8.77. The third kappa shape index (κ3) is 1.79. The molecule has 0 amide bonds. The molecule has 2 aromatic rings. The van der Waals surface area contributed by atoms with Gasteiger partial charge in [-0.25, -0.2) is 4.68 Å². The van der Waals surface area contributed by atoms with Gasteiger partial charge in [0, 0.05) is 6.07 Å². The number of benzene rings is 1. The number of nitrogens with zero attached hydrogens (tertiary/aromatic N) is 2. The van der Waals surface area contributed by atoms with Crippen LogP contribution in [0.4, 0.5) is 5.69 Å². The Morgan fingerprint density at radius 1 is 1.40 bits per heavy atom. The maximum Gasteiger partial charge on any atom is 0.121 e. The fraction of sp³-hybridized carbons (Fsp3) is 0.182. The molecule has 0 radical (unpaired) electrons. The van der Waals surface area contributed by atoms with Gasteiger partial charge in [-0.1, -0.05) is 6.07 Å². The van der Waals surface area contributed by atoms with E-state index < -0.39 is 0 Å². The molecule has 1 heterocycles. The minimum atomic E-state index is 0.692. The van der Waals surface area contributed by atoms with Gasteiger partial charge in [-0.05, 0) is 19.1 Å². The van der Waals surface area contributed by atoms with Crippen molar-refractivity contribution in [2.24, 2.45) is 0 Å². The highest BCUT2D eigenvalue weighted by Gasteiger charge is 2.03. The van der Waals surface area contributed by atoms with Gasteiger partial charge >= 0.3 is 0 Å². The lowest BCUT2D eigenvalue weighted by atomic mass is 10.3. The Bertz CT molecular complexity index is 457. The van der Waals surface area contributed by atoms with Crippen LogP contribution in [-0.4, -0.2) is 16.9 Å². The summed E-state index contributed by atoms with van der Waals surface area (Å²) in [4.78, 5) is 0. The molecule has 0 bridgehead atoms. The third-order valence-corrected chi connectivity index (χ3v) is 2.25. The van der Waals surface area contributed by atoms with Crippen molar-refractivity contribution in [3.63, 3.8) is 0 Å². The molecule has 0 saturated heterocycles. The van der Waals surface area contributed by atoms with Crippen LogP contribution in [0.2, 0.25) is 0 Å². The minimum Gasteiger partial charge on any atom is -0.497 e. The standard InChI is InChI=1S/C11H13N3O/c1-8-11(12)7-14(13-8)9-4-3-5-10(6-9)15-2/h3-7H,12H2,1-2H3. The Labute approximate surface area is 88.3 Å². The average molecular weight is 203 g/mol. The molecule has 0 fully saturated rings. The average Bonchev–Trinajstić information content (AvgIpc) is 2.59. The molecule has 0 unspecified atom stereocenters. The molecule has 2 rings (SSSR count). The lowest BCUT2D eigenvalue weighted by molar-refractivity contribution is 0.414. The van der Waals surface area contributed by atoms with Crippen LogP contribution in [-0.2, 0) is 0 Å². The first-order chi connectivity index (χ1) is 7.20. The van der Waals surface area contributed by atoms with E-state index in [2.05, 4.69) is 5.10 Å². The van der Waals surface area contributed by atoms with Gasteiger partial charge in [-0.2, -0.15) is 5.10 Å². The molecule has 4 nitrogen and oxygen atoms in total. The minimum absolute atomic E-state index is 0.692. The van der Waals surface area contributed by atoms with Gasteiger partial charge in [0.05, 0.1) is 30.4 Å². The summed E-state index contributed by atoms with van der Waals surface area (Å²) in [7, 11) is 1.64. The highest BCUT2D eigenvalue weighted by atomic mass is 16.5. The fourth-order valence-corrected chi connectivity index (χ4v) is 1.36. The van der Waals surface area contributed by atoms with Gasteiger partial charge in [-0.15, -0.1) is 0 Å². The van der Waals surface area contributed by atoms with Crippen LogP contribution in [0.3, 0.4) is 0 Å². The summed E-state index contributed by atoms with van der Waals surface area (Å²) in [6.07, 6.45) is 1.80. The van der Waals surface area contributed by atoms with Crippen LogP contribution in [0.25, 0.3) is 5.69 Å². The van der Waals surface area contributed by atoms with Crippen molar-refractivity contribution >= 4 is 5.69 Å². The molecule has 0 atom stereocenters. The van der Waals surface area contributed by atoms with Crippen molar-refractivity contribution in [3.8, 4) is 11.4 Å². The monoisotopic (exact) mass is 203 g/mol. The molecule has 2 N–H and O–H groups in total. The largest absolute Gasteiger partial charge is 0.497 e. The first-order valence-electron chi connectivity index (χ1n) is 4.67. The summed E-state index contributed by atoms with van der Waals surface area (Å²) in [6.45, 7) is 1.88. The van der Waals surface area contributed by atoms with Gasteiger partial charge in [0.15, 0.2) is 0 Å². The molecule has 0 aliphatic rings. The van der Waals surface area contributed by atoms with Crippen molar-refractivity contribution in [2.75, 3.05) is 12.8 Å². The highest BCUT2D eigenvalue weighted by molar-refractivity contribution is 5.45. The Hall–Kier alpha value is -1.97. The van der Waals surface area contributed by atoms with Crippen molar-refractivity contribution in [1.29, 1.82) is 0 Å². The van der Waals surface area contributed by atoms with Gasteiger partial charge in [0.25, 0.3) is 0 Å². The Morgan fingerprint density at radius 2 is 2.20 bits per heavy atom. The van der Waals surface area contributed by atoms with E-state index in [-0.39, 0.29) is 0 Å². The van der Waals surface area contributed by atoms with E-state index in [1.165, 1.54) is 0 Å². The van der Waals surface area contributed by atoms with Crippen LogP contribution in [0.5, 0.6) is 5.75 Å². The van der Waals surface area contributed by atoms with Crippen LogP contribution < -0.4 is 10.5 Å². The van der Waals surface area contributed by atoms with Crippen molar-refractivity contribution in [1.82, 2.24) is 9.78 Å². The number of hydrogen-bond donors (Lipinski definition) is 1. The van der Waals surface area contributed by atoms with Crippen molar-refractivity contribution < 1.29 is 4.74 Å². The van der Waals surface area contributed by atoms with Crippen molar-refractivity contribution in [3.05, 3.63) is 36.2 Å². The van der Waals surface area contributed by atoms with E-state index in [4.69, 9.17) is 10.5 Å². The van der Waals surface area contributed by atoms with E-state index in [0.29, 0.717) is 5.69 Å². The number of methoxy groups -OCH3 is 1. The molecule has 15 heavy (non-hydrogen) atoms. The second-order valence-electron chi connectivity index (χ2n) is 3.32. The summed E-state index contributed by atoms with van der Waals surface area (Å²) in [5.74, 6) is 0.805. The van der Waals surface area contributed by atoms with Crippen molar-refractivity contribution in [2.45, 2.75) is 6.92 Å². The van der Waals surface area contributed by atoms with Gasteiger partial charge < -0.3 is 10.5 Å². The van der Waals surface area contributed by atoms with E-state index in [1.54, 1.807) is 18.0 Å². The third-order valence-electron chi connectivity index (χ3n) is 2.25. The zero-order valence-corrected chi connectivity index (χ0v) is 8.77. The second-order valence-corrected chi connectivity index (χ2v) is 3.32. The normalized spacial score (nSPS) is 10.3. The first kappa shape index (κ1) is 9.58. The topological polar surface area (TPSA) is 53.1 Å². The first-order valence-corrected chi connectivity index (χ1v) is 4.67. The molecule has 1 aromatic heterocycles. The number of nitrogens with two attached hydrogens (primary N) is 1. The maximum atomic E-state index is 5.73. The number of aryl methyl sites for hydroxylation is 1. The second kappa shape index (κ2) is 3.65. The molecule has 0 aliphatic carbocycles. The zero-order chi connectivity index (χ0) is 10.8. The number of ether oxygens (including phenoxy) is 1. The van der Waals surface area contributed by atoms with Crippen LogP contribution in [0.15, 0.2) is 30.5 Å². The lowest BCUT2D eigenvalue weighted by Gasteiger charge is -2.03. The lowest BCUT2D eigenvalue weighted by Crippen LogP contribution is -1.95. The predicted octanol–water partition coefficient (Wildman–Crippen LogP) is 1.77. The molecule has 0 aliphatic heterocycles. The number of nitrogen functional groups attached to an aromatic ring is 1. The molecule has 4 heteroatoms. The van der Waals surface area contributed by atoms with Crippen LogP contribution in [0.1, 0.15) is 5.69 Å². The molecule has 0 spiro atoms. The molecule has 0 saturated carbocycles. The smallest absolute Gasteiger partial charge is 0.121 e. The predicted molar refractivity (Wildman–Crippen MR) is 59.3 cm³/mol. The highest BCUT2D eigenvalue weighted by Crippen LogP contribution is 2.18. The van der Waals surface area contributed by atoms with E-state index in [0.717, 1.165) is 17.1 Å². The van der Waals surface area contributed by atoms with Crippen LogP contribution in [0, 0.1) is 6.92 Å². The number of anilines is 1. The van der Waals surface area contributed by atoms with Gasteiger partial charge in [0.2, 0.25) is 0 Å². The Kier molecular flexibility index (Phi) is 2.33. The quantitative estimate of drug-likeness (QED) is 0.809. The Morgan fingerprint density at radius 3 is 2.80 bits per heavy atom. The SMILES string of the molecule is COc1cccc(-n2cc(N)c(C)n2)c1. The van der Waals surface area contributed by atoms with E-state index >= 15 is 0 Å². The van der Waals surface area contributed by atoms with E-state index in [9.17, 15) is 0 Å². The van der Waals surface area contributed by atoms with Gasteiger partial charge in [0.1, 0.15) is 5.75 Å². The summed E-state index contributed by atoms with van der Waals surface area (Å²) in [5, 5.41) is 4.29. The fourth-order valence-electron chi connectivity index (χ4n) is 1.36. The molecule has 1 aromatic carbocycles. The molecular formula is C11H13N3O. The summed E-state index contributed by atoms with van der Waals surface area (Å²) in [6, 6.07) is 7.67. The summed E-state index contributed by atoms with van der Waals surface area (Å²) in [5.41, 5.74) is 8.20. The molecular weight excluding hydrogens is 190 g/mol. The molecule has 78 valence electrons. The Balaban J connectivity index is 2.44. The van der Waals surface area contributed by atoms with E-state index in [1.807, 2.05) is 31.2 Å². The number of rotatable bonds is 2.